The number of carbonyl (C=O) groups is 1. The number of hydrogen-bond acceptors (Lipinski definition) is 7. The molecule has 0 spiro atoms. The van der Waals surface area contributed by atoms with Crippen molar-refractivity contribution < 1.29 is 26.9 Å². The smallest absolute Gasteiger partial charge is 0.451 e. The lowest BCUT2D eigenvalue weighted by Gasteiger charge is -2.27. The molecule has 0 aromatic carbocycles. The number of nitrogens with zero attached hydrogens (tertiary/aromatic N) is 5. The Hall–Kier alpha value is -3.16. The molecule has 35 heavy (non-hydrogen) atoms. The van der Waals surface area contributed by atoms with Crippen LogP contribution in [-0.4, -0.2) is 46.8 Å². The van der Waals surface area contributed by atoms with E-state index in [1.807, 2.05) is 6.92 Å². The molecule has 0 radical (unpaired) electrons. The Morgan fingerprint density at radius 1 is 1.17 bits per heavy atom. The van der Waals surface area contributed by atoms with Gasteiger partial charge in [0, 0.05) is 36.8 Å². The number of halogens is 4. The fraction of sp³-hybridized carbons (Fsp3) is 0.318. The second kappa shape index (κ2) is 10.2. The van der Waals surface area contributed by atoms with Gasteiger partial charge >= 0.3 is 6.18 Å². The van der Waals surface area contributed by atoms with E-state index in [-0.39, 0.29) is 23.4 Å². The van der Waals surface area contributed by atoms with Crippen molar-refractivity contribution in [2.75, 3.05) is 0 Å². The van der Waals surface area contributed by atoms with Crippen LogP contribution in [0, 0.1) is 5.82 Å². The van der Waals surface area contributed by atoms with Crippen LogP contribution < -0.4 is 5.32 Å². The van der Waals surface area contributed by atoms with Crippen LogP contribution in [0.2, 0.25) is 0 Å². The average molecular weight is 509 g/mol. The Morgan fingerprint density at radius 2 is 1.91 bits per heavy atom. The summed E-state index contributed by atoms with van der Waals surface area (Å²) < 4.78 is 66.2. The minimum absolute atomic E-state index is 0.114. The third-order valence-corrected chi connectivity index (χ3v) is 7.09. The fourth-order valence-electron chi connectivity index (χ4n) is 3.75. The van der Waals surface area contributed by atoms with Gasteiger partial charge in [-0.1, -0.05) is 0 Å². The molecule has 0 bridgehead atoms. The Labute approximate surface area is 201 Å². The molecule has 1 aliphatic heterocycles. The summed E-state index contributed by atoms with van der Waals surface area (Å²) in [5.74, 6) is -2.20. The molecule has 4 rings (SSSR count). The molecule has 8 nitrogen and oxygen atoms in total. The summed E-state index contributed by atoms with van der Waals surface area (Å²) in [5, 5.41) is 2.80. The van der Waals surface area contributed by atoms with Gasteiger partial charge in [-0.3, -0.25) is 14.8 Å². The van der Waals surface area contributed by atoms with Gasteiger partial charge in [-0.05, 0) is 37.5 Å². The first-order chi connectivity index (χ1) is 16.6. The third-order valence-electron chi connectivity index (χ3n) is 5.47. The van der Waals surface area contributed by atoms with E-state index in [1.54, 1.807) is 16.4 Å². The van der Waals surface area contributed by atoms with Crippen LogP contribution in [0.1, 0.15) is 31.2 Å². The van der Waals surface area contributed by atoms with Crippen molar-refractivity contribution in [2.45, 2.75) is 49.5 Å². The van der Waals surface area contributed by atoms with Gasteiger partial charge in [0.1, 0.15) is 11.9 Å². The van der Waals surface area contributed by atoms with E-state index in [2.05, 4.69) is 25.3 Å². The highest BCUT2D eigenvalue weighted by atomic mass is 32.2. The van der Waals surface area contributed by atoms with E-state index < -0.39 is 35.2 Å². The summed E-state index contributed by atoms with van der Waals surface area (Å²) in [5.41, 5.74) is 1.29. The summed E-state index contributed by atoms with van der Waals surface area (Å²) in [6.07, 6.45) is 2.33. The van der Waals surface area contributed by atoms with E-state index in [0.717, 1.165) is 24.7 Å². The van der Waals surface area contributed by atoms with E-state index >= 15 is 0 Å². The second-order valence-electron chi connectivity index (χ2n) is 7.95. The van der Waals surface area contributed by atoms with Crippen molar-refractivity contribution in [3.05, 3.63) is 66.4 Å². The first-order valence-electron chi connectivity index (χ1n) is 10.6. The number of rotatable bonds is 6. The zero-order valence-electron chi connectivity index (χ0n) is 18.4. The summed E-state index contributed by atoms with van der Waals surface area (Å²) in [4.78, 5) is 27.7. The van der Waals surface area contributed by atoms with Crippen molar-refractivity contribution in [3.63, 3.8) is 0 Å². The van der Waals surface area contributed by atoms with Gasteiger partial charge in [-0.25, -0.2) is 14.4 Å². The lowest BCUT2D eigenvalue weighted by atomic mass is 10.1. The lowest BCUT2D eigenvalue weighted by molar-refractivity contribution is -0.145. The molecule has 3 aromatic heterocycles. The molecule has 1 saturated heterocycles. The molecule has 4 heterocycles. The molecule has 3 aromatic rings. The number of amides is 1. The quantitative estimate of drug-likeness (QED) is 0.402. The molecular weight excluding hydrogens is 488 g/mol. The standard InChI is InChI=1S/C22H20F4N6O2S/c1-13-2-3-19(32(13)35(34)17-7-16(23)11-27-12-17)20(33)29-8-14-4-5-28-18(6-14)15-9-30-21(31-10-15)22(24,25)26/h4-7,9-13,19H,2-3,8H2,1H3,(H,29,33)/t13-,19-,35?/m0/s1. The third kappa shape index (κ3) is 5.74. The van der Waals surface area contributed by atoms with Crippen molar-refractivity contribution in [2.24, 2.45) is 0 Å². The molecule has 13 heteroatoms. The van der Waals surface area contributed by atoms with Gasteiger partial charge < -0.3 is 9.87 Å². The number of pyridine rings is 2. The highest BCUT2D eigenvalue weighted by Crippen LogP contribution is 2.31. The summed E-state index contributed by atoms with van der Waals surface area (Å²) in [7, 11) is 0. The van der Waals surface area contributed by atoms with Crippen molar-refractivity contribution >= 4 is 17.3 Å². The number of alkyl halides is 3. The van der Waals surface area contributed by atoms with Gasteiger partial charge in [0.15, 0.2) is 4.90 Å². The lowest BCUT2D eigenvalue weighted by Crippen LogP contribution is -2.48. The van der Waals surface area contributed by atoms with Crippen LogP contribution in [0.15, 0.2) is 54.1 Å². The Bertz CT molecular complexity index is 1200. The molecule has 1 amide bonds. The molecule has 1 fully saturated rings. The summed E-state index contributed by atoms with van der Waals surface area (Å²) in [6, 6.07) is 3.55. The number of nitrogens with one attached hydrogen (secondary N) is 1. The molecular formula is C22H20F4N6O2S. The SMILES string of the molecule is C[C@H]1CC[C@@H](C(=O)NCc2ccnc(-c3cnc(C(F)(F)F)nc3)c2)N1[S+]([O-])c1cncc(F)c1. The topological polar surface area (TPSA) is 107 Å². The average Bonchev–Trinajstić information content (AvgIpc) is 3.23. The highest BCUT2D eigenvalue weighted by molar-refractivity contribution is 7.89. The molecule has 0 aliphatic carbocycles. The minimum atomic E-state index is -4.64. The van der Waals surface area contributed by atoms with Crippen LogP contribution >= 0.6 is 0 Å². The van der Waals surface area contributed by atoms with Crippen LogP contribution in [0.3, 0.4) is 0 Å². The summed E-state index contributed by atoms with van der Waals surface area (Å²) in [6.45, 7) is 1.96. The molecule has 184 valence electrons. The first kappa shape index (κ1) is 24.9. The van der Waals surface area contributed by atoms with E-state index in [0.29, 0.717) is 29.7 Å². The minimum Gasteiger partial charge on any atom is -0.593 e. The maximum absolute atomic E-state index is 13.5. The van der Waals surface area contributed by atoms with Crippen LogP contribution in [0.4, 0.5) is 17.6 Å². The molecule has 3 atom stereocenters. The fourth-order valence-corrected chi connectivity index (χ4v) is 5.22. The van der Waals surface area contributed by atoms with E-state index in [9.17, 15) is 26.9 Å². The maximum atomic E-state index is 13.5. The van der Waals surface area contributed by atoms with Crippen LogP contribution in [-0.2, 0) is 28.9 Å². The van der Waals surface area contributed by atoms with Crippen molar-refractivity contribution in [1.82, 2.24) is 29.6 Å². The van der Waals surface area contributed by atoms with E-state index in [1.165, 1.54) is 12.4 Å². The molecule has 1 N–H and O–H groups in total. The summed E-state index contributed by atoms with van der Waals surface area (Å²) >= 11 is -1.77. The zero-order valence-corrected chi connectivity index (χ0v) is 19.2. The number of hydrogen-bond donors (Lipinski definition) is 1. The predicted molar refractivity (Wildman–Crippen MR) is 117 cm³/mol. The largest absolute Gasteiger partial charge is 0.593 e. The van der Waals surface area contributed by atoms with Crippen LogP contribution in [0.5, 0.6) is 0 Å². The molecule has 0 saturated carbocycles. The molecule has 1 aliphatic rings. The van der Waals surface area contributed by atoms with Crippen molar-refractivity contribution in [1.29, 1.82) is 0 Å². The van der Waals surface area contributed by atoms with E-state index in [4.69, 9.17) is 0 Å². The van der Waals surface area contributed by atoms with Gasteiger partial charge in [-0.15, -0.1) is 4.31 Å². The van der Waals surface area contributed by atoms with Gasteiger partial charge in [0.25, 0.3) is 0 Å². The zero-order chi connectivity index (χ0) is 25.2. The Kier molecular flexibility index (Phi) is 7.28. The first-order valence-corrected chi connectivity index (χ1v) is 11.7. The van der Waals surface area contributed by atoms with Crippen LogP contribution in [0.25, 0.3) is 11.3 Å². The second-order valence-corrected chi connectivity index (χ2v) is 9.34. The maximum Gasteiger partial charge on any atom is 0.451 e. The predicted octanol–water partition coefficient (Wildman–Crippen LogP) is 3.28. The normalized spacial score (nSPS) is 19.5. The van der Waals surface area contributed by atoms with Gasteiger partial charge in [0.2, 0.25) is 11.7 Å². The monoisotopic (exact) mass is 508 g/mol. The Balaban J connectivity index is 1.43. The van der Waals surface area contributed by atoms with Crippen molar-refractivity contribution in [3.8, 4) is 11.3 Å². The Morgan fingerprint density at radius 3 is 2.60 bits per heavy atom. The number of carbonyl (C=O) groups excluding carboxylic acids is 1. The number of aromatic nitrogens is 4. The van der Waals surface area contributed by atoms with Gasteiger partial charge in [-0.2, -0.15) is 13.2 Å². The highest BCUT2D eigenvalue weighted by Gasteiger charge is 2.44. The van der Waals surface area contributed by atoms with Gasteiger partial charge in [0.05, 0.1) is 35.5 Å². The molecule has 1 unspecified atom stereocenters.